The Kier molecular flexibility index (Phi) is 3.60. The van der Waals surface area contributed by atoms with E-state index in [1.807, 2.05) is 18.2 Å². The fourth-order valence-electron chi connectivity index (χ4n) is 1.58. The van der Waals surface area contributed by atoms with Crippen molar-refractivity contribution < 1.29 is 9.13 Å². The standard InChI is InChI=1S/C14H14FNO/c15-14-7-2-1-4-11(14)8-9-17-13-6-3-5-12(16)10-13/h1-7,10H,8-9,16H2. The molecule has 88 valence electrons. The van der Waals surface area contributed by atoms with Crippen molar-refractivity contribution in [1.82, 2.24) is 0 Å². The molecule has 0 amide bonds. The van der Waals surface area contributed by atoms with Crippen molar-refractivity contribution in [2.45, 2.75) is 6.42 Å². The van der Waals surface area contributed by atoms with Crippen molar-refractivity contribution in [3.63, 3.8) is 0 Å². The zero-order valence-corrected chi connectivity index (χ0v) is 9.40. The third kappa shape index (κ3) is 3.21. The van der Waals surface area contributed by atoms with Crippen LogP contribution in [-0.2, 0) is 6.42 Å². The molecule has 3 heteroatoms. The van der Waals surface area contributed by atoms with Gasteiger partial charge in [-0.2, -0.15) is 0 Å². The number of nitrogen functional groups attached to an aromatic ring is 1. The van der Waals surface area contributed by atoms with Crippen LogP contribution in [-0.4, -0.2) is 6.61 Å². The predicted octanol–water partition coefficient (Wildman–Crippen LogP) is 3.03. The van der Waals surface area contributed by atoms with E-state index in [4.69, 9.17) is 10.5 Å². The zero-order chi connectivity index (χ0) is 12.1. The van der Waals surface area contributed by atoms with Crippen LogP contribution >= 0.6 is 0 Å². The molecule has 17 heavy (non-hydrogen) atoms. The summed E-state index contributed by atoms with van der Waals surface area (Å²) in [5, 5.41) is 0. The first-order valence-corrected chi connectivity index (χ1v) is 5.47. The van der Waals surface area contributed by atoms with Crippen LogP contribution in [0.4, 0.5) is 10.1 Å². The molecule has 0 aliphatic carbocycles. The number of benzene rings is 2. The van der Waals surface area contributed by atoms with Crippen molar-refractivity contribution in [2.75, 3.05) is 12.3 Å². The molecule has 2 aromatic rings. The van der Waals surface area contributed by atoms with Crippen molar-refractivity contribution >= 4 is 5.69 Å². The lowest BCUT2D eigenvalue weighted by atomic mass is 10.1. The summed E-state index contributed by atoms with van der Waals surface area (Å²) in [7, 11) is 0. The van der Waals surface area contributed by atoms with Crippen molar-refractivity contribution in [1.29, 1.82) is 0 Å². The van der Waals surface area contributed by atoms with Crippen LogP contribution in [0.15, 0.2) is 48.5 Å². The fourth-order valence-corrected chi connectivity index (χ4v) is 1.58. The molecule has 2 rings (SSSR count). The van der Waals surface area contributed by atoms with Gasteiger partial charge in [-0.15, -0.1) is 0 Å². The Balaban J connectivity index is 1.90. The topological polar surface area (TPSA) is 35.2 Å². The predicted molar refractivity (Wildman–Crippen MR) is 66.5 cm³/mol. The highest BCUT2D eigenvalue weighted by molar-refractivity contribution is 5.43. The van der Waals surface area contributed by atoms with Crippen LogP contribution in [0, 0.1) is 5.82 Å². The fraction of sp³-hybridized carbons (Fsp3) is 0.143. The minimum absolute atomic E-state index is 0.191. The molecule has 0 aliphatic rings. The highest BCUT2D eigenvalue weighted by Crippen LogP contribution is 2.15. The van der Waals surface area contributed by atoms with Crippen LogP contribution in [0.2, 0.25) is 0 Å². The molecule has 0 unspecified atom stereocenters. The molecule has 2 nitrogen and oxygen atoms in total. The third-order valence-corrected chi connectivity index (χ3v) is 2.46. The highest BCUT2D eigenvalue weighted by Gasteiger charge is 2.01. The number of hydrogen-bond donors (Lipinski definition) is 1. The van der Waals surface area contributed by atoms with Gasteiger partial charge in [0.15, 0.2) is 0 Å². The van der Waals surface area contributed by atoms with Gasteiger partial charge in [-0.05, 0) is 23.8 Å². The highest BCUT2D eigenvalue weighted by atomic mass is 19.1. The van der Waals surface area contributed by atoms with Gasteiger partial charge < -0.3 is 10.5 Å². The van der Waals surface area contributed by atoms with Gasteiger partial charge in [-0.25, -0.2) is 4.39 Å². The number of anilines is 1. The Labute approximate surface area is 99.8 Å². The summed E-state index contributed by atoms with van der Waals surface area (Å²) >= 11 is 0. The lowest BCUT2D eigenvalue weighted by molar-refractivity contribution is 0.320. The first-order valence-electron chi connectivity index (χ1n) is 5.47. The van der Waals surface area contributed by atoms with Crippen LogP contribution in [0.25, 0.3) is 0 Å². The van der Waals surface area contributed by atoms with Gasteiger partial charge in [0.1, 0.15) is 11.6 Å². The Hall–Kier alpha value is -2.03. The minimum atomic E-state index is -0.191. The van der Waals surface area contributed by atoms with E-state index in [9.17, 15) is 4.39 Å². The maximum Gasteiger partial charge on any atom is 0.126 e. The van der Waals surface area contributed by atoms with E-state index in [-0.39, 0.29) is 5.82 Å². The van der Waals surface area contributed by atoms with Crippen molar-refractivity contribution in [3.05, 3.63) is 59.9 Å². The maximum atomic E-state index is 13.3. The van der Waals surface area contributed by atoms with Crippen molar-refractivity contribution in [3.8, 4) is 5.75 Å². The molecule has 2 N–H and O–H groups in total. The summed E-state index contributed by atoms with van der Waals surface area (Å²) in [4.78, 5) is 0. The number of halogens is 1. The Morgan fingerprint density at radius 1 is 1.06 bits per heavy atom. The molecule has 0 saturated carbocycles. The molecular weight excluding hydrogens is 217 g/mol. The molecule has 0 atom stereocenters. The molecule has 2 aromatic carbocycles. The lowest BCUT2D eigenvalue weighted by Gasteiger charge is -2.07. The molecule has 0 bridgehead atoms. The lowest BCUT2D eigenvalue weighted by Crippen LogP contribution is -2.03. The average molecular weight is 231 g/mol. The summed E-state index contributed by atoms with van der Waals surface area (Å²) in [6.45, 7) is 0.435. The Morgan fingerprint density at radius 3 is 2.65 bits per heavy atom. The summed E-state index contributed by atoms with van der Waals surface area (Å²) in [5.41, 5.74) is 6.95. The molecule has 0 saturated heterocycles. The largest absolute Gasteiger partial charge is 0.493 e. The number of ether oxygens (including phenoxy) is 1. The van der Waals surface area contributed by atoms with Crippen LogP contribution in [0.1, 0.15) is 5.56 Å². The molecular formula is C14H14FNO. The summed E-state index contributed by atoms with van der Waals surface area (Å²) < 4.78 is 18.8. The van der Waals surface area contributed by atoms with Gasteiger partial charge in [0, 0.05) is 18.2 Å². The van der Waals surface area contributed by atoms with Crippen LogP contribution in [0.3, 0.4) is 0 Å². The molecule has 0 aliphatic heterocycles. The number of hydrogen-bond acceptors (Lipinski definition) is 2. The SMILES string of the molecule is Nc1cccc(OCCc2ccccc2F)c1. The maximum absolute atomic E-state index is 13.3. The summed E-state index contributed by atoms with van der Waals surface area (Å²) in [5.74, 6) is 0.519. The Morgan fingerprint density at radius 2 is 1.88 bits per heavy atom. The van der Waals surface area contributed by atoms with Gasteiger partial charge >= 0.3 is 0 Å². The quantitative estimate of drug-likeness (QED) is 0.821. The van der Waals surface area contributed by atoms with E-state index in [0.717, 1.165) is 0 Å². The van der Waals surface area contributed by atoms with E-state index in [1.165, 1.54) is 6.07 Å². The summed E-state index contributed by atoms with van der Waals surface area (Å²) in [6, 6.07) is 13.9. The second kappa shape index (κ2) is 5.34. The molecule has 0 heterocycles. The van der Waals surface area contributed by atoms with Gasteiger partial charge in [-0.1, -0.05) is 24.3 Å². The van der Waals surface area contributed by atoms with E-state index in [1.54, 1.807) is 24.3 Å². The first kappa shape index (κ1) is 11.5. The van der Waals surface area contributed by atoms with Gasteiger partial charge in [0.05, 0.1) is 6.61 Å². The van der Waals surface area contributed by atoms with E-state index in [2.05, 4.69) is 0 Å². The normalized spacial score (nSPS) is 10.2. The first-order chi connectivity index (χ1) is 8.25. The van der Waals surface area contributed by atoms with Gasteiger partial charge in [0.25, 0.3) is 0 Å². The molecule has 0 spiro atoms. The second-order valence-corrected chi connectivity index (χ2v) is 3.76. The number of rotatable bonds is 4. The minimum Gasteiger partial charge on any atom is -0.493 e. The Bertz CT molecular complexity index is 499. The van der Waals surface area contributed by atoms with Crippen molar-refractivity contribution in [2.24, 2.45) is 0 Å². The molecule has 0 fully saturated rings. The second-order valence-electron chi connectivity index (χ2n) is 3.76. The van der Waals surface area contributed by atoms with Gasteiger partial charge in [0.2, 0.25) is 0 Å². The van der Waals surface area contributed by atoms with Crippen LogP contribution in [0.5, 0.6) is 5.75 Å². The summed E-state index contributed by atoms with van der Waals surface area (Å²) in [6.07, 6.45) is 0.543. The monoisotopic (exact) mass is 231 g/mol. The smallest absolute Gasteiger partial charge is 0.126 e. The van der Waals surface area contributed by atoms with E-state index in [0.29, 0.717) is 30.0 Å². The van der Waals surface area contributed by atoms with E-state index < -0.39 is 0 Å². The molecule has 0 radical (unpaired) electrons. The zero-order valence-electron chi connectivity index (χ0n) is 9.40. The van der Waals surface area contributed by atoms with E-state index >= 15 is 0 Å². The average Bonchev–Trinajstić information content (AvgIpc) is 2.32. The molecule has 0 aromatic heterocycles. The van der Waals surface area contributed by atoms with Crippen LogP contribution < -0.4 is 10.5 Å². The van der Waals surface area contributed by atoms with Gasteiger partial charge in [-0.3, -0.25) is 0 Å². The number of nitrogens with two attached hydrogens (primary N) is 1. The third-order valence-electron chi connectivity index (χ3n) is 2.46.